The molecule has 0 saturated carbocycles. The Morgan fingerprint density at radius 2 is 1.77 bits per heavy atom. The van der Waals surface area contributed by atoms with Crippen molar-refractivity contribution < 1.29 is 13.2 Å². The van der Waals surface area contributed by atoms with E-state index in [1.165, 1.54) is 6.21 Å². The number of hydrazone groups is 1. The van der Waals surface area contributed by atoms with E-state index in [1.807, 2.05) is 43.3 Å². The van der Waals surface area contributed by atoms with E-state index in [-0.39, 0.29) is 4.90 Å². The highest BCUT2D eigenvalue weighted by molar-refractivity contribution is 7.89. The van der Waals surface area contributed by atoms with Crippen LogP contribution in [-0.4, -0.2) is 21.2 Å². The lowest BCUT2D eigenvalue weighted by atomic mass is 10.1. The Balaban J connectivity index is 2.14. The van der Waals surface area contributed by atoms with E-state index in [0.29, 0.717) is 23.7 Å². The van der Waals surface area contributed by atoms with E-state index in [4.69, 9.17) is 4.74 Å². The van der Waals surface area contributed by atoms with Crippen molar-refractivity contribution in [3.8, 4) is 5.75 Å². The lowest BCUT2D eigenvalue weighted by Crippen LogP contribution is -2.20. The van der Waals surface area contributed by atoms with Crippen LogP contribution in [0.1, 0.15) is 36.1 Å². The average molecular weight is 375 g/mol. The van der Waals surface area contributed by atoms with Gasteiger partial charge >= 0.3 is 0 Å². The highest BCUT2D eigenvalue weighted by atomic mass is 32.2. The van der Waals surface area contributed by atoms with Crippen molar-refractivity contribution in [3.63, 3.8) is 0 Å². The number of nitrogens with one attached hydrogen (secondary N) is 1. The Labute approximate surface area is 156 Å². The third kappa shape index (κ3) is 5.33. The monoisotopic (exact) mass is 374 g/mol. The summed E-state index contributed by atoms with van der Waals surface area (Å²) < 4.78 is 30.8. The molecular weight excluding hydrogens is 348 g/mol. The van der Waals surface area contributed by atoms with Gasteiger partial charge in [0.25, 0.3) is 10.0 Å². The van der Waals surface area contributed by atoms with Crippen molar-refractivity contribution in [1.29, 1.82) is 0 Å². The van der Waals surface area contributed by atoms with E-state index < -0.39 is 10.0 Å². The SMILES string of the molecule is Cc1cc(C)c(S(=O)(=O)N/N=C/c2cccc(OCC(C)C)c2)c(C)c1. The van der Waals surface area contributed by atoms with Gasteiger partial charge in [0.1, 0.15) is 5.75 Å². The molecule has 2 rings (SSSR count). The molecule has 0 fully saturated rings. The van der Waals surface area contributed by atoms with Gasteiger partial charge in [-0.15, -0.1) is 0 Å². The largest absolute Gasteiger partial charge is 0.493 e. The van der Waals surface area contributed by atoms with Crippen LogP contribution in [0.3, 0.4) is 0 Å². The summed E-state index contributed by atoms with van der Waals surface area (Å²) in [7, 11) is -3.72. The zero-order valence-electron chi connectivity index (χ0n) is 15.9. The van der Waals surface area contributed by atoms with Gasteiger partial charge in [-0.25, -0.2) is 4.83 Å². The molecule has 1 N–H and O–H groups in total. The van der Waals surface area contributed by atoms with Crippen LogP contribution < -0.4 is 9.57 Å². The molecule has 0 aromatic heterocycles. The number of nitrogens with zero attached hydrogens (tertiary/aromatic N) is 1. The summed E-state index contributed by atoms with van der Waals surface area (Å²) in [6.07, 6.45) is 1.47. The van der Waals surface area contributed by atoms with Gasteiger partial charge < -0.3 is 4.74 Å². The summed E-state index contributed by atoms with van der Waals surface area (Å²) in [6.45, 7) is 10.3. The number of ether oxygens (including phenoxy) is 1. The van der Waals surface area contributed by atoms with Gasteiger partial charge in [0.15, 0.2) is 0 Å². The summed E-state index contributed by atoms with van der Waals surface area (Å²) in [5.41, 5.74) is 3.19. The number of hydrogen-bond acceptors (Lipinski definition) is 4. The minimum atomic E-state index is -3.72. The predicted octanol–water partition coefficient (Wildman–Crippen LogP) is 3.96. The summed E-state index contributed by atoms with van der Waals surface area (Å²) in [5, 5.41) is 3.91. The van der Waals surface area contributed by atoms with Gasteiger partial charge in [-0.05, 0) is 55.5 Å². The smallest absolute Gasteiger partial charge is 0.277 e. The minimum absolute atomic E-state index is 0.272. The molecule has 5 nitrogen and oxygen atoms in total. The summed E-state index contributed by atoms with van der Waals surface area (Å²) in [5.74, 6) is 1.16. The van der Waals surface area contributed by atoms with E-state index >= 15 is 0 Å². The first-order chi connectivity index (χ1) is 12.2. The lowest BCUT2D eigenvalue weighted by Gasteiger charge is -2.11. The van der Waals surface area contributed by atoms with Crippen LogP contribution in [0.25, 0.3) is 0 Å². The molecule has 2 aromatic rings. The summed E-state index contributed by atoms with van der Waals surface area (Å²) >= 11 is 0. The molecule has 0 saturated heterocycles. The molecular formula is C20H26N2O3S. The Morgan fingerprint density at radius 3 is 2.38 bits per heavy atom. The maximum Gasteiger partial charge on any atom is 0.277 e. The van der Waals surface area contributed by atoms with Crippen molar-refractivity contribution in [2.24, 2.45) is 11.0 Å². The van der Waals surface area contributed by atoms with Crippen LogP contribution in [0.2, 0.25) is 0 Å². The Morgan fingerprint density at radius 1 is 1.12 bits per heavy atom. The normalized spacial score (nSPS) is 11.9. The van der Waals surface area contributed by atoms with Gasteiger partial charge in [-0.3, -0.25) is 0 Å². The molecule has 6 heteroatoms. The first kappa shape index (κ1) is 20.0. The van der Waals surface area contributed by atoms with E-state index in [1.54, 1.807) is 13.8 Å². The quantitative estimate of drug-likeness (QED) is 0.589. The fourth-order valence-electron chi connectivity index (χ4n) is 2.75. The van der Waals surface area contributed by atoms with E-state index in [9.17, 15) is 8.42 Å². The van der Waals surface area contributed by atoms with Crippen LogP contribution in [0.4, 0.5) is 0 Å². The number of hydrogen-bond donors (Lipinski definition) is 1. The molecule has 0 amide bonds. The second-order valence-corrected chi connectivity index (χ2v) is 8.46. The molecule has 0 atom stereocenters. The number of sulfonamides is 1. The molecule has 0 spiro atoms. The van der Waals surface area contributed by atoms with Crippen LogP contribution in [0.15, 0.2) is 46.4 Å². The highest BCUT2D eigenvalue weighted by Crippen LogP contribution is 2.21. The molecule has 0 heterocycles. The van der Waals surface area contributed by atoms with Crippen molar-refractivity contribution >= 4 is 16.2 Å². The van der Waals surface area contributed by atoms with Crippen molar-refractivity contribution in [1.82, 2.24) is 4.83 Å². The van der Waals surface area contributed by atoms with E-state index in [0.717, 1.165) is 16.9 Å². The first-order valence-corrected chi connectivity index (χ1v) is 10.0. The number of rotatable bonds is 7. The second kappa shape index (κ2) is 8.36. The molecule has 0 aliphatic heterocycles. The minimum Gasteiger partial charge on any atom is -0.493 e. The molecule has 140 valence electrons. The van der Waals surface area contributed by atoms with Crippen LogP contribution in [-0.2, 0) is 10.0 Å². The highest BCUT2D eigenvalue weighted by Gasteiger charge is 2.19. The Kier molecular flexibility index (Phi) is 6.42. The number of benzene rings is 2. The summed E-state index contributed by atoms with van der Waals surface area (Å²) in [4.78, 5) is 2.57. The average Bonchev–Trinajstić information content (AvgIpc) is 2.51. The predicted molar refractivity (Wildman–Crippen MR) is 105 cm³/mol. The van der Waals surface area contributed by atoms with Gasteiger partial charge in [0.2, 0.25) is 0 Å². The third-order valence-corrected chi connectivity index (χ3v) is 5.23. The number of aryl methyl sites for hydroxylation is 3. The molecule has 0 radical (unpaired) electrons. The maximum absolute atomic E-state index is 12.6. The third-order valence-electron chi connectivity index (χ3n) is 3.70. The van der Waals surface area contributed by atoms with Crippen LogP contribution >= 0.6 is 0 Å². The van der Waals surface area contributed by atoms with Crippen LogP contribution in [0.5, 0.6) is 5.75 Å². The van der Waals surface area contributed by atoms with Gasteiger partial charge in [0, 0.05) is 0 Å². The Hall–Kier alpha value is -2.34. The molecule has 0 aliphatic carbocycles. The summed E-state index contributed by atoms with van der Waals surface area (Å²) in [6, 6.07) is 11.1. The molecule has 26 heavy (non-hydrogen) atoms. The topological polar surface area (TPSA) is 67.8 Å². The molecule has 0 bridgehead atoms. The standard InChI is InChI=1S/C20H26N2O3S/c1-14(2)13-25-19-8-6-7-18(11-19)12-21-22-26(23,24)20-16(4)9-15(3)10-17(20)5/h6-12,14,22H,13H2,1-5H3/b21-12+. The fraction of sp³-hybridized carbons (Fsp3) is 0.350. The van der Waals surface area contributed by atoms with E-state index in [2.05, 4.69) is 23.8 Å². The van der Waals surface area contributed by atoms with Gasteiger partial charge in [-0.1, -0.05) is 43.7 Å². The van der Waals surface area contributed by atoms with Gasteiger partial charge in [-0.2, -0.15) is 13.5 Å². The van der Waals surface area contributed by atoms with Gasteiger partial charge in [0.05, 0.1) is 17.7 Å². The second-order valence-electron chi connectivity index (χ2n) is 6.86. The molecule has 0 unspecified atom stereocenters. The van der Waals surface area contributed by atoms with Crippen molar-refractivity contribution in [2.75, 3.05) is 6.61 Å². The maximum atomic E-state index is 12.6. The Bertz CT molecular complexity index is 880. The van der Waals surface area contributed by atoms with Crippen molar-refractivity contribution in [3.05, 3.63) is 58.7 Å². The fourth-order valence-corrected chi connectivity index (χ4v) is 4.00. The first-order valence-electron chi connectivity index (χ1n) is 8.54. The zero-order chi connectivity index (χ0) is 19.3. The van der Waals surface area contributed by atoms with Crippen LogP contribution in [0, 0.1) is 26.7 Å². The lowest BCUT2D eigenvalue weighted by molar-refractivity contribution is 0.271. The molecule has 0 aliphatic rings. The molecule has 2 aromatic carbocycles. The zero-order valence-corrected chi connectivity index (χ0v) is 16.7. The van der Waals surface area contributed by atoms with Crippen molar-refractivity contribution in [2.45, 2.75) is 39.5 Å².